The Morgan fingerprint density at radius 3 is 2.80 bits per heavy atom. The SMILES string of the molecule is Cc1cc(-c2cnsc2)nc2cc(N3CCNC3=O)ccc12.O=CO. The number of nitrogens with one attached hydrogen (secondary N) is 1. The minimum Gasteiger partial charge on any atom is -0.483 e. The fraction of sp³-hybridized carbons (Fsp3) is 0.176. The van der Waals surface area contributed by atoms with E-state index in [1.165, 1.54) is 17.1 Å². The molecule has 0 bridgehead atoms. The molecular weight excluding hydrogens is 340 g/mol. The van der Waals surface area contributed by atoms with Gasteiger partial charge in [0.05, 0.1) is 17.4 Å². The van der Waals surface area contributed by atoms with Gasteiger partial charge in [0.2, 0.25) is 0 Å². The molecule has 0 spiro atoms. The van der Waals surface area contributed by atoms with Gasteiger partial charge in [0.25, 0.3) is 6.47 Å². The molecule has 8 heteroatoms. The van der Waals surface area contributed by atoms with Gasteiger partial charge in [0.1, 0.15) is 0 Å². The lowest BCUT2D eigenvalue weighted by molar-refractivity contribution is -0.122. The molecule has 4 rings (SSSR count). The predicted molar refractivity (Wildman–Crippen MR) is 97.0 cm³/mol. The zero-order chi connectivity index (χ0) is 17.8. The molecule has 1 aliphatic heterocycles. The molecule has 1 saturated heterocycles. The number of nitrogens with zero attached hydrogens (tertiary/aromatic N) is 3. The summed E-state index contributed by atoms with van der Waals surface area (Å²) in [6.07, 6.45) is 1.83. The van der Waals surface area contributed by atoms with Crippen LogP contribution in [0, 0.1) is 6.92 Å². The van der Waals surface area contributed by atoms with Crippen LogP contribution in [0.2, 0.25) is 0 Å². The lowest BCUT2D eigenvalue weighted by atomic mass is 10.1. The minimum absolute atomic E-state index is 0.0470. The van der Waals surface area contributed by atoms with Crippen molar-refractivity contribution in [3.05, 3.63) is 41.4 Å². The Hall–Kier alpha value is -3.00. The summed E-state index contributed by atoms with van der Waals surface area (Å²) in [5.74, 6) is 0. The molecule has 0 atom stereocenters. The third-order valence-electron chi connectivity index (χ3n) is 3.90. The largest absolute Gasteiger partial charge is 0.483 e. The number of amides is 2. The van der Waals surface area contributed by atoms with Gasteiger partial charge in [-0.05, 0) is 42.2 Å². The van der Waals surface area contributed by atoms with Crippen molar-refractivity contribution in [2.75, 3.05) is 18.0 Å². The number of fused-ring (bicyclic) bond motifs is 1. The highest BCUT2D eigenvalue weighted by atomic mass is 32.1. The Kier molecular flexibility index (Phi) is 4.90. The summed E-state index contributed by atoms with van der Waals surface area (Å²) >= 11 is 1.42. The van der Waals surface area contributed by atoms with Crippen molar-refractivity contribution in [2.45, 2.75) is 6.92 Å². The van der Waals surface area contributed by atoms with Crippen molar-refractivity contribution in [3.8, 4) is 11.3 Å². The maximum absolute atomic E-state index is 11.8. The van der Waals surface area contributed by atoms with Crippen LogP contribution in [0.5, 0.6) is 0 Å². The first-order valence-electron chi connectivity index (χ1n) is 7.58. The van der Waals surface area contributed by atoms with Crippen LogP contribution in [0.15, 0.2) is 35.8 Å². The van der Waals surface area contributed by atoms with E-state index >= 15 is 0 Å². The van der Waals surface area contributed by atoms with E-state index in [4.69, 9.17) is 14.9 Å². The van der Waals surface area contributed by atoms with E-state index in [1.807, 2.05) is 29.8 Å². The van der Waals surface area contributed by atoms with Crippen molar-refractivity contribution < 1.29 is 14.7 Å². The quantitative estimate of drug-likeness (QED) is 0.689. The van der Waals surface area contributed by atoms with Crippen molar-refractivity contribution in [1.29, 1.82) is 0 Å². The van der Waals surface area contributed by atoms with Gasteiger partial charge in [0, 0.05) is 35.1 Å². The van der Waals surface area contributed by atoms with Crippen LogP contribution in [0.4, 0.5) is 10.5 Å². The first kappa shape index (κ1) is 16.8. The Balaban J connectivity index is 0.000000569. The number of hydrogen-bond donors (Lipinski definition) is 2. The van der Waals surface area contributed by atoms with Crippen LogP contribution in [-0.4, -0.2) is 40.1 Å². The van der Waals surface area contributed by atoms with Gasteiger partial charge in [-0.25, -0.2) is 14.2 Å². The summed E-state index contributed by atoms with van der Waals surface area (Å²) in [7, 11) is 0. The molecule has 3 heterocycles. The molecule has 1 aliphatic rings. The number of aryl methyl sites for hydroxylation is 1. The van der Waals surface area contributed by atoms with Gasteiger partial charge in [-0.15, -0.1) is 0 Å². The molecule has 0 unspecified atom stereocenters. The highest BCUT2D eigenvalue weighted by Crippen LogP contribution is 2.28. The van der Waals surface area contributed by atoms with E-state index < -0.39 is 0 Å². The maximum atomic E-state index is 11.8. The van der Waals surface area contributed by atoms with E-state index in [2.05, 4.69) is 22.7 Å². The average Bonchev–Trinajstić information content (AvgIpc) is 3.26. The molecule has 1 fully saturated rings. The smallest absolute Gasteiger partial charge is 0.321 e. The summed E-state index contributed by atoms with van der Waals surface area (Å²) < 4.78 is 4.14. The number of urea groups is 1. The first-order chi connectivity index (χ1) is 12.1. The van der Waals surface area contributed by atoms with Crippen molar-refractivity contribution in [1.82, 2.24) is 14.7 Å². The second kappa shape index (κ2) is 7.27. The van der Waals surface area contributed by atoms with E-state index in [1.54, 1.807) is 4.90 Å². The molecule has 7 nitrogen and oxygen atoms in total. The van der Waals surface area contributed by atoms with Crippen LogP contribution in [0.25, 0.3) is 22.2 Å². The van der Waals surface area contributed by atoms with Gasteiger partial charge in [0.15, 0.2) is 0 Å². The minimum atomic E-state index is -0.250. The number of anilines is 1. The zero-order valence-corrected chi connectivity index (χ0v) is 14.3. The van der Waals surface area contributed by atoms with Crippen LogP contribution in [0.1, 0.15) is 5.56 Å². The molecular formula is C17H16N4O3S. The molecule has 128 valence electrons. The summed E-state index contributed by atoms with van der Waals surface area (Å²) in [6.45, 7) is 3.21. The molecule has 1 aromatic carbocycles. The molecule has 3 aromatic rings. The lowest BCUT2D eigenvalue weighted by Crippen LogP contribution is -2.27. The lowest BCUT2D eigenvalue weighted by Gasteiger charge is -2.15. The molecule has 0 saturated carbocycles. The standard InChI is InChI=1S/C16H14N4OS.CH2O2/c1-10-6-14(11-8-18-22-9-11)19-15-7-12(2-3-13(10)15)20-5-4-17-16(20)21;2-1-3/h2-3,6-9H,4-5H2,1H3,(H,17,21);1H,(H,2,3). The number of carbonyl (C=O) groups excluding carboxylic acids is 1. The van der Waals surface area contributed by atoms with E-state index in [0.29, 0.717) is 13.1 Å². The van der Waals surface area contributed by atoms with E-state index in [0.717, 1.165) is 27.8 Å². The van der Waals surface area contributed by atoms with Crippen molar-refractivity contribution >= 4 is 40.6 Å². The predicted octanol–water partition coefficient (Wildman–Crippen LogP) is 2.90. The fourth-order valence-corrected chi connectivity index (χ4v) is 3.29. The summed E-state index contributed by atoms with van der Waals surface area (Å²) in [6, 6.07) is 8.03. The Morgan fingerprint density at radius 1 is 1.36 bits per heavy atom. The van der Waals surface area contributed by atoms with Crippen LogP contribution in [0.3, 0.4) is 0 Å². The van der Waals surface area contributed by atoms with Gasteiger partial charge >= 0.3 is 6.03 Å². The number of hydrogen-bond acceptors (Lipinski definition) is 5. The Morgan fingerprint density at radius 2 is 2.16 bits per heavy atom. The van der Waals surface area contributed by atoms with Crippen LogP contribution < -0.4 is 10.2 Å². The Bertz CT molecular complexity index is 912. The molecule has 25 heavy (non-hydrogen) atoms. The highest BCUT2D eigenvalue weighted by molar-refractivity contribution is 7.03. The summed E-state index contributed by atoms with van der Waals surface area (Å²) in [4.78, 5) is 26.7. The zero-order valence-electron chi connectivity index (χ0n) is 13.5. The molecule has 0 aliphatic carbocycles. The molecule has 0 radical (unpaired) electrons. The monoisotopic (exact) mass is 356 g/mol. The third kappa shape index (κ3) is 3.43. The second-order valence-corrected chi connectivity index (χ2v) is 6.09. The molecule has 2 N–H and O–H groups in total. The summed E-state index contributed by atoms with van der Waals surface area (Å²) in [5, 5.41) is 12.8. The second-order valence-electron chi connectivity index (χ2n) is 5.43. The summed E-state index contributed by atoms with van der Waals surface area (Å²) in [5.41, 5.74) is 4.90. The maximum Gasteiger partial charge on any atom is 0.321 e. The highest BCUT2D eigenvalue weighted by Gasteiger charge is 2.21. The topological polar surface area (TPSA) is 95.4 Å². The van der Waals surface area contributed by atoms with Gasteiger partial charge in [-0.1, -0.05) is 6.07 Å². The number of benzene rings is 1. The third-order valence-corrected chi connectivity index (χ3v) is 4.48. The Labute approximate surface area is 148 Å². The van der Waals surface area contributed by atoms with Crippen molar-refractivity contribution in [2.24, 2.45) is 0 Å². The van der Waals surface area contributed by atoms with E-state index in [9.17, 15) is 4.79 Å². The number of rotatable bonds is 2. The number of aromatic nitrogens is 2. The van der Waals surface area contributed by atoms with Crippen LogP contribution in [-0.2, 0) is 4.79 Å². The number of pyridine rings is 1. The first-order valence-corrected chi connectivity index (χ1v) is 8.42. The normalized spacial score (nSPS) is 13.3. The number of carboxylic acid groups (broad SMARTS) is 1. The fourth-order valence-electron chi connectivity index (χ4n) is 2.76. The van der Waals surface area contributed by atoms with Gasteiger partial charge < -0.3 is 10.4 Å². The van der Waals surface area contributed by atoms with Gasteiger partial charge in [-0.3, -0.25) is 9.69 Å². The molecule has 2 amide bonds. The number of carbonyl (C=O) groups is 2. The molecule has 2 aromatic heterocycles. The van der Waals surface area contributed by atoms with Crippen LogP contribution >= 0.6 is 11.5 Å². The van der Waals surface area contributed by atoms with Crippen molar-refractivity contribution in [3.63, 3.8) is 0 Å². The van der Waals surface area contributed by atoms with E-state index in [-0.39, 0.29) is 12.5 Å². The average molecular weight is 356 g/mol. The van der Waals surface area contributed by atoms with Gasteiger partial charge in [-0.2, -0.15) is 0 Å².